The van der Waals surface area contributed by atoms with Crippen LogP contribution in [0.2, 0.25) is 0 Å². The van der Waals surface area contributed by atoms with Gasteiger partial charge in [0.05, 0.1) is 17.5 Å². The van der Waals surface area contributed by atoms with Crippen molar-refractivity contribution >= 4 is 11.8 Å². The van der Waals surface area contributed by atoms with E-state index in [4.69, 9.17) is 0 Å². The first-order valence-corrected chi connectivity index (χ1v) is 7.46. The molecule has 2 amide bonds. The molecule has 3 heterocycles. The number of nitrogens with one attached hydrogen (secondary N) is 2. The van der Waals surface area contributed by atoms with E-state index in [9.17, 15) is 9.59 Å². The Bertz CT molecular complexity index is 390. The number of hydrogen-bond acceptors (Lipinski definition) is 3. The number of nitrogens with zero attached hydrogens (tertiary/aromatic N) is 1. The van der Waals surface area contributed by atoms with Gasteiger partial charge in [-0.15, -0.1) is 0 Å². The summed E-state index contributed by atoms with van der Waals surface area (Å²) in [7, 11) is 0. The average Bonchev–Trinajstić information content (AvgIpc) is 2.81. The third-order valence-corrected chi connectivity index (χ3v) is 4.95. The molecule has 3 fully saturated rings. The van der Waals surface area contributed by atoms with Crippen LogP contribution in [0.1, 0.15) is 39.0 Å². The lowest BCUT2D eigenvalue weighted by atomic mass is 9.85. The summed E-state index contributed by atoms with van der Waals surface area (Å²) in [6.07, 6.45) is 5.02. The predicted molar refractivity (Wildman–Crippen MR) is 71.5 cm³/mol. The molecule has 0 aromatic heterocycles. The molecule has 106 valence electrons. The van der Waals surface area contributed by atoms with E-state index in [1.165, 1.54) is 0 Å². The summed E-state index contributed by atoms with van der Waals surface area (Å²) in [5.74, 6) is 0.340. The molecule has 5 heteroatoms. The molecule has 0 spiro atoms. The van der Waals surface area contributed by atoms with E-state index in [0.29, 0.717) is 6.54 Å². The normalized spacial score (nSPS) is 38.8. The van der Waals surface area contributed by atoms with Gasteiger partial charge >= 0.3 is 0 Å². The number of carbonyl (C=O) groups excluding carboxylic acids is 2. The summed E-state index contributed by atoms with van der Waals surface area (Å²) in [5.41, 5.74) is -0.425. The number of hydrogen-bond donors (Lipinski definition) is 2. The highest BCUT2D eigenvalue weighted by Gasteiger charge is 2.47. The zero-order chi connectivity index (χ0) is 13.5. The Morgan fingerprint density at radius 3 is 2.95 bits per heavy atom. The minimum Gasteiger partial charge on any atom is -0.354 e. The maximum atomic E-state index is 12.8. The van der Waals surface area contributed by atoms with E-state index in [2.05, 4.69) is 10.6 Å². The molecule has 0 radical (unpaired) electrons. The fraction of sp³-hybridized carbons (Fsp3) is 0.857. The molecule has 0 aliphatic carbocycles. The van der Waals surface area contributed by atoms with Crippen molar-refractivity contribution in [2.75, 3.05) is 19.6 Å². The highest BCUT2D eigenvalue weighted by Crippen LogP contribution is 2.31. The van der Waals surface area contributed by atoms with E-state index in [1.807, 2.05) is 11.8 Å². The quantitative estimate of drug-likeness (QED) is 0.715. The predicted octanol–water partition coefficient (Wildman–Crippen LogP) is 0.256. The Hall–Kier alpha value is -1.10. The van der Waals surface area contributed by atoms with Gasteiger partial charge in [-0.2, -0.15) is 0 Å². The molecule has 2 N–H and O–H groups in total. The van der Waals surface area contributed by atoms with Gasteiger partial charge in [-0.3, -0.25) is 9.59 Å². The van der Waals surface area contributed by atoms with E-state index < -0.39 is 5.54 Å². The highest BCUT2D eigenvalue weighted by molar-refractivity contribution is 5.89. The Kier molecular flexibility index (Phi) is 3.25. The van der Waals surface area contributed by atoms with Gasteiger partial charge in [-0.05, 0) is 45.6 Å². The maximum Gasteiger partial charge on any atom is 0.242 e. The monoisotopic (exact) mass is 265 g/mol. The van der Waals surface area contributed by atoms with Gasteiger partial charge in [0.25, 0.3) is 0 Å². The Labute approximate surface area is 114 Å². The van der Waals surface area contributed by atoms with E-state index in [1.54, 1.807) is 0 Å². The summed E-state index contributed by atoms with van der Waals surface area (Å²) in [4.78, 5) is 26.6. The molecule has 3 unspecified atom stereocenters. The Morgan fingerprint density at radius 1 is 1.37 bits per heavy atom. The second kappa shape index (κ2) is 4.78. The molecule has 0 bridgehead atoms. The largest absolute Gasteiger partial charge is 0.354 e. The fourth-order valence-electron chi connectivity index (χ4n) is 3.76. The number of carbonyl (C=O) groups is 2. The summed E-state index contributed by atoms with van der Waals surface area (Å²) >= 11 is 0. The van der Waals surface area contributed by atoms with Crippen LogP contribution in [0, 0.1) is 5.92 Å². The van der Waals surface area contributed by atoms with Gasteiger partial charge in [0, 0.05) is 13.1 Å². The number of likely N-dealkylation sites (tertiary alicyclic amines) is 1. The van der Waals surface area contributed by atoms with E-state index in [0.717, 1.165) is 45.2 Å². The second-order valence-corrected chi connectivity index (χ2v) is 6.28. The first-order valence-electron chi connectivity index (χ1n) is 7.46. The van der Waals surface area contributed by atoms with Crippen LogP contribution in [-0.2, 0) is 9.59 Å². The fourth-order valence-corrected chi connectivity index (χ4v) is 3.76. The third-order valence-electron chi connectivity index (χ3n) is 4.95. The summed E-state index contributed by atoms with van der Waals surface area (Å²) in [6, 6.07) is 0.0781. The number of rotatable bonds is 1. The summed E-state index contributed by atoms with van der Waals surface area (Å²) < 4.78 is 0. The van der Waals surface area contributed by atoms with Crippen molar-refractivity contribution in [1.29, 1.82) is 0 Å². The number of piperidine rings is 2. The first kappa shape index (κ1) is 12.9. The molecule has 3 rings (SSSR count). The minimum absolute atomic E-state index is 0.0184. The van der Waals surface area contributed by atoms with Crippen LogP contribution in [0.25, 0.3) is 0 Å². The van der Waals surface area contributed by atoms with Gasteiger partial charge in [0.1, 0.15) is 0 Å². The SMILES string of the molecule is CC1(C(=O)N2CCCC3C(=O)NCC32)CCCCN1. The molecular formula is C14H23N3O2. The number of amides is 2. The molecule has 3 saturated heterocycles. The lowest BCUT2D eigenvalue weighted by molar-refractivity contribution is -0.144. The topological polar surface area (TPSA) is 61.4 Å². The molecule has 0 aromatic carbocycles. The second-order valence-electron chi connectivity index (χ2n) is 6.28. The van der Waals surface area contributed by atoms with Crippen molar-refractivity contribution in [2.45, 2.75) is 50.6 Å². The molecule has 0 aromatic rings. The molecule has 3 aliphatic rings. The van der Waals surface area contributed by atoms with Crippen molar-refractivity contribution < 1.29 is 9.59 Å². The zero-order valence-electron chi connectivity index (χ0n) is 11.6. The molecular weight excluding hydrogens is 242 g/mol. The van der Waals surface area contributed by atoms with Gasteiger partial charge in [-0.1, -0.05) is 0 Å². The smallest absolute Gasteiger partial charge is 0.242 e. The molecule has 0 saturated carbocycles. The molecule has 5 nitrogen and oxygen atoms in total. The van der Waals surface area contributed by atoms with Crippen LogP contribution in [0.4, 0.5) is 0 Å². The average molecular weight is 265 g/mol. The van der Waals surface area contributed by atoms with E-state index in [-0.39, 0.29) is 23.8 Å². The lowest BCUT2D eigenvalue weighted by Crippen LogP contribution is -2.62. The van der Waals surface area contributed by atoms with Crippen LogP contribution in [0.3, 0.4) is 0 Å². The lowest BCUT2D eigenvalue weighted by Gasteiger charge is -2.43. The van der Waals surface area contributed by atoms with Crippen molar-refractivity contribution in [3.8, 4) is 0 Å². The Morgan fingerprint density at radius 2 is 2.21 bits per heavy atom. The van der Waals surface area contributed by atoms with Crippen molar-refractivity contribution in [3.63, 3.8) is 0 Å². The van der Waals surface area contributed by atoms with Crippen molar-refractivity contribution in [3.05, 3.63) is 0 Å². The Balaban J connectivity index is 1.77. The van der Waals surface area contributed by atoms with Crippen LogP contribution >= 0.6 is 0 Å². The third kappa shape index (κ3) is 2.14. The summed E-state index contributed by atoms with van der Waals surface area (Å²) in [6.45, 7) is 4.36. The van der Waals surface area contributed by atoms with Crippen LogP contribution in [0.5, 0.6) is 0 Å². The van der Waals surface area contributed by atoms with Crippen LogP contribution in [0.15, 0.2) is 0 Å². The maximum absolute atomic E-state index is 12.8. The van der Waals surface area contributed by atoms with Crippen molar-refractivity contribution in [2.24, 2.45) is 5.92 Å². The molecule has 3 aliphatic heterocycles. The minimum atomic E-state index is -0.425. The van der Waals surface area contributed by atoms with Gasteiger partial charge < -0.3 is 15.5 Å². The van der Waals surface area contributed by atoms with Crippen molar-refractivity contribution in [1.82, 2.24) is 15.5 Å². The summed E-state index contributed by atoms with van der Waals surface area (Å²) in [5, 5.41) is 6.30. The molecule has 19 heavy (non-hydrogen) atoms. The van der Waals surface area contributed by atoms with Crippen LogP contribution in [-0.4, -0.2) is 47.9 Å². The van der Waals surface area contributed by atoms with Crippen LogP contribution < -0.4 is 10.6 Å². The van der Waals surface area contributed by atoms with Gasteiger partial charge in [-0.25, -0.2) is 0 Å². The molecule has 3 atom stereocenters. The zero-order valence-corrected chi connectivity index (χ0v) is 11.6. The first-order chi connectivity index (χ1) is 9.12. The van der Waals surface area contributed by atoms with Gasteiger partial charge in [0.2, 0.25) is 11.8 Å². The number of fused-ring (bicyclic) bond motifs is 1. The standard InChI is InChI=1S/C14H23N3O2/c1-14(6-2-3-7-16-14)13(19)17-8-4-5-10-11(17)9-15-12(10)18/h10-11,16H,2-9H2,1H3,(H,15,18). The van der Waals surface area contributed by atoms with E-state index >= 15 is 0 Å². The highest BCUT2D eigenvalue weighted by atomic mass is 16.2. The van der Waals surface area contributed by atoms with Gasteiger partial charge in [0.15, 0.2) is 0 Å².